The van der Waals surface area contributed by atoms with Gasteiger partial charge >= 0.3 is 0 Å². The molecule has 0 fully saturated rings. The molecule has 0 radical (unpaired) electrons. The average Bonchev–Trinajstić information content (AvgIpc) is 3.41. The van der Waals surface area contributed by atoms with E-state index in [-0.39, 0.29) is 17.2 Å². The van der Waals surface area contributed by atoms with E-state index in [1.54, 1.807) is 24.3 Å². The van der Waals surface area contributed by atoms with Crippen LogP contribution in [-0.4, -0.2) is 35.3 Å². The molecule has 0 saturated carbocycles. The molecule has 0 bridgehead atoms. The number of pyridine rings is 2. The van der Waals surface area contributed by atoms with Gasteiger partial charge in [-0.3, -0.25) is 4.68 Å². The van der Waals surface area contributed by atoms with E-state index >= 15 is 0 Å². The highest BCUT2D eigenvalue weighted by Gasteiger charge is 2.37. The second kappa shape index (κ2) is 7.94. The molecule has 5 aromatic rings. The van der Waals surface area contributed by atoms with Gasteiger partial charge in [0.2, 0.25) is 5.95 Å². The van der Waals surface area contributed by atoms with Crippen LogP contribution in [-0.2, 0) is 0 Å². The van der Waals surface area contributed by atoms with Gasteiger partial charge in [-0.1, -0.05) is 18.2 Å². The van der Waals surface area contributed by atoms with Crippen LogP contribution in [0.4, 0.5) is 23.5 Å². The fourth-order valence-corrected chi connectivity index (χ4v) is 3.78. The summed E-state index contributed by atoms with van der Waals surface area (Å²) in [4.78, 5) is 8.34. The van der Waals surface area contributed by atoms with Gasteiger partial charge in [0.25, 0.3) is 5.92 Å². The maximum atomic E-state index is 14.5. The van der Waals surface area contributed by atoms with Crippen molar-refractivity contribution in [3.05, 3.63) is 84.2 Å². The lowest BCUT2D eigenvalue weighted by atomic mass is 10.0. The summed E-state index contributed by atoms with van der Waals surface area (Å²) in [7, 11) is 0. The monoisotopic (exact) mass is 467 g/mol. The summed E-state index contributed by atoms with van der Waals surface area (Å²) < 4.78 is 59.1. The van der Waals surface area contributed by atoms with Crippen molar-refractivity contribution in [3.8, 4) is 22.6 Å². The summed E-state index contributed by atoms with van der Waals surface area (Å²) >= 11 is 0. The second-order valence-electron chi connectivity index (χ2n) is 7.81. The maximum Gasteiger partial charge on any atom is 0.271 e. The van der Waals surface area contributed by atoms with E-state index < -0.39 is 23.6 Å². The molecule has 172 valence electrons. The van der Waals surface area contributed by atoms with E-state index in [4.69, 9.17) is 5.73 Å². The molecule has 11 heteroatoms. The van der Waals surface area contributed by atoms with Gasteiger partial charge < -0.3 is 5.73 Å². The van der Waals surface area contributed by atoms with Crippen LogP contribution in [0.25, 0.3) is 28.3 Å². The third-order valence-electron chi connectivity index (χ3n) is 5.25. The van der Waals surface area contributed by atoms with Crippen LogP contribution in [0.1, 0.15) is 18.5 Å². The minimum atomic E-state index is -3.18. The molecular formula is C23H17F4N7. The van der Waals surface area contributed by atoms with Gasteiger partial charge in [0, 0.05) is 24.9 Å². The molecule has 0 spiro atoms. The number of halogens is 4. The van der Waals surface area contributed by atoms with Gasteiger partial charge in [0.1, 0.15) is 17.6 Å². The lowest BCUT2D eigenvalue weighted by Crippen LogP contribution is -2.29. The number of nitrogens with zero attached hydrogens (tertiary/aromatic N) is 6. The fraction of sp³-hybridized carbons (Fsp3) is 0.130. The molecule has 0 aliphatic carbocycles. The maximum absolute atomic E-state index is 14.5. The molecule has 0 unspecified atom stereocenters. The normalized spacial score (nSPS) is 12.9. The molecule has 0 aliphatic rings. The van der Waals surface area contributed by atoms with E-state index in [9.17, 15) is 17.6 Å². The minimum Gasteiger partial charge on any atom is -0.366 e. The van der Waals surface area contributed by atoms with Gasteiger partial charge in [0.15, 0.2) is 11.5 Å². The lowest BCUT2D eigenvalue weighted by Gasteiger charge is -2.24. The number of alkyl halides is 2. The van der Waals surface area contributed by atoms with E-state index in [1.807, 2.05) is 0 Å². The minimum absolute atomic E-state index is 0.0107. The van der Waals surface area contributed by atoms with Crippen LogP contribution in [0.2, 0.25) is 0 Å². The van der Waals surface area contributed by atoms with Crippen LogP contribution in [0.15, 0.2) is 67.0 Å². The first kappa shape index (κ1) is 21.6. The summed E-state index contributed by atoms with van der Waals surface area (Å²) in [6.45, 7) is 0.781. The lowest BCUT2D eigenvalue weighted by molar-refractivity contribution is -0.0216. The Morgan fingerprint density at radius 2 is 1.65 bits per heavy atom. The highest BCUT2D eigenvalue weighted by molar-refractivity contribution is 5.65. The fourth-order valence-electron chi connectivity index (χ4n) is 3.78. The molecule has 1 aromatic carbocycles. The van der Waals surface area contributed by atoms with Crippen molar-refractivity contribution in [2.75, 3.05) is 5.73 Å². The van der Waals surface area contributed by atoms with E-state index in [2.05, 4.69) is 20.2 Å². The summed E-state index contributed by atoms with van der Waals surface area (Å²) in [5.74, 6) is -4.38. The molecule has 1 atom stereocenters. The molecule has 34 heavy (non-hydrogen) atoms. The van der Waals surface area contributed by atoms with Crippen molar-refractivity contribution >= 4 is 11.6 Å². The van der Waals surface area contributed by atoms with Crippen molar-refractivity contribution in [2.24, 2.45) is 0 Å². The van der Waals surface area contributed by atoms with Crippen LogP contribution in [0.3, 0.4) is 0 Å². The zero-order valence-corrected chi connectivity index (χ0v) is 17.7. The van der Waals surface area contributed by atoms with Crippen LogP contribution in [0.5, 0.6) is 0 Å². The van der Waals surface area contributed by atoms with Gasteiger partial charge in [-0.25, -0.2) is 27.1 Å². The van der Waals surface area contributed by atoms with Crippen LogP contribution >= 0.6 is 0 Å². The SMILES string of the molecule is CC(F)(F)[C@@H](c1ccc(F)cc1)n1ccc(-c2cccc(-c3cc(F)c4nc(N)nn4c3)n2)n1. The number of nitrogen functional groups attached to an aromatic ring is 1. The quantitative estimate of drug-likeness (QED) is 0.377. The average molecular weight is 467 g/mol. The zero-order valence-electron chi connectivity index (χ0n) is 17.7. The Kier molecular flexibility index (Phi) is 5.03. The number of aromatic nitrogens is 6. The highest BCUT2D eigenvalue weighted by atomic mass is 19.3. The predicted molar refractivity (Wildman–Crippen MR) is 117 cm³/mol. The Hall–Kier alpha value is -4.28. The highest BCUT2D eigenvalue weighted by Crippen LogP contribution is 2.35. The van der Waals surface area contributed by atoms with Crippen molar-refractivity contribution < 1.29 is 17.6 Å². The molecule has 4 heterocycles. The third kappa shape index (κ3) is 3.96. The zero-order chi connectivity index (χ0) is 24.0. The molecule has 0 amide bonds. The molecule has 2 N–H and O–H groups in total. The smallest absolute Gasteiger partial charge is 0.271 e. The molecule has 0 saturated heterocycles. The molecule has 0 aliphatic heterocycles. The third-order valence-corrected chi connectivity index (χ3v) is 5.25. The Bertz CT molecular complexity index is 1490. The summed E-state index contributed by atoms with van der Waals surface area (Å²) in [5.41, 5.74) is 7.31. The van der Waals surface area contributed by atoms with Gasteiger partial charge in [-0.05, 0) is 42.0 Å². The van der Waals surface area contributed by atoms with Crippen LogP contribution < -0.4 is 5.73 Å². The Morgan fingerprint density at radius 3 is 2.38 bits per heavy atom. The summed E-state index contributed by atoms with van der Waals surface area (Å²) in [6.07, 6.45) is 2.95. The van der Waals surface area contributed by atoms with Crippen molar-refractivity contribution in [1.82, 2.24) is 29.4 Å². The van der Waals surface area contributed by atoms with E-state index in [0.717, 1.165) is 23.7 Å². The van der Waals surface area contributed by atoms with E-state index in [0.29, 0.717) is 22.6 Å². The second-order valence-corrected chi connectivity index (χ2v) is 7.81. The van der Waals surface area contributed by atoms with Crippen molar-refractivity contribution in [3.63, 3.8) is 0 Å². The number of nitrogens with two attached hydrogens (primary N) is 1. The van der Waals surface area contributed by atoms with Crippen LogP contribution in [0, 0.1) is 11.6 Å². The van der Waals surface area contributed by atoms with Crippen molar-refractivity contribution in [2.45, 2.75) is 18.9 Å². The number of anilines is 1. The largest absolute Gasteiger partial charge is 0.366 e. The molecule has 4 aromatic heterocycles. The molecular weight excluding hydrogens is 450 g/mol. The number of benzene rings is 1. The molecule has 5 rings (SSSR count). The Morgan fingerprint density at radius 1 is 0.912 bits per heavy atom. The first-order chi connectivity index (χ1) is 16.2. The van der Waals surface area contributed by atoms with Gasteiger partial charge in [-0.2, -0.15) is 10.1 Å². The number of fused-ring (bicyclic) bond motifs is 1. The predicted octanol–water partition coefficient (Wildman–Crippen LogP) is 4.76. The van der Waals surface area contributed by atoms with E-state index in [1.165, 1.54) is 35.1 Å². The summed E-state index contributed by atoms with van der Waals surface area (Å²) in [6, 6.07) is 11.3. The van der Waals surface area contributed by atoms with Gasteiger partial charge in [-0.15, -0.1) is 5.10 Å². The Labute approximate surface area is 190 Å². The Balaban J connectivity index is 1.52. The first-order valence-electron chi connectivity index (χ1n) is 10.2. The van der Waals surface area contributed by atoms with Crippen molar-refractivity contribution in [1.29, 1.82) is 0 Å². The number of hydrogen-bond donors (Lipinski definition) is 1. The molecule has 7 nitrogen and oxygen atoms in total. The number of hydrogen-bond acceptors (Lipinski definition) is 5. The first-order valence-corrected chi connectivity index (χ1v) is 10.2. The standard InChI is InChI=1S/C23H17F4N7/c1-23(26,27)20(13-5-7-15(24)8-6-13)33-10-9-19(31-33)18-4-2-3-17(29-18)14-11-16(25)21-30-22(28)32-34(21)12-14/h2-12,20H,1H3,(H2,28,32)/t20-/m1/s1. The number of rotatable bonds is 5. The topological polar surface area (TPSA) is 86.9 Å². The van der Waals surface area contributed by atoms with Gasteiger partial charge in [0.05, 0.1) is 11.4 Å². The summed E-state index contributed by atoms with van der Waals surface area (Å²) in [5, 5.41) is 8.24.